The van der Waals surface area contributed by atoms with E-state index < -0.39 is 0 Å². The van der Waals surface area contributed by atoms with Crippen molar-refractivity contribution in [3.8, 4) is 11.5 Å². The molecular formula is C12H16O2S. The summed E-state index contributed by atoms with van der Waals surface area (Å²) in [4.78, 5) is 0. The topological polar surface area (TPSA) is 18.5 Å². The fraction of sp³-hybridized carbons (Fsp3) is 0.500. The molecule has 0 atom stereocenters. The lowest BCUT2D eigenvalue weighted by Gasteiger charge is -2.19. The Bertz CT molecular complexity index is 355. The molecule has 15 heavy (non-hydrogen) atoms. The number of thiol groups is 1. The van der Waals surface area contributed by atoms with Gasteiger partial charge in [0.15, 0.2) is 11.5 Å². The van der Waals surface area contributed by atoms with Crippen LogP contribution in [0.2, 0.25) is 0 Å². The van der Waals surface area contributed by atoms with Crippen LogP contribution in [-0.2, 0) is 4.75 Å². The Morgan fingerprint density at radius 1 is 1.13 bits per heavy atom. The molecule has 0 radical (unpaired) electrons. The lowest BCUT2D eigenvalue weighted by atomic mass is 10.0. The quantitative estimate of drug-likeness (QED) is 0.739. The van der Waals surface area contributed by atoms with Crippen LogP contribution < -0.4 is 9.47 Å². The molecule has 1 heterocycles. The zero-order valence-corrected chi connectivity index (χ0v) is 10.0. The van der Waals surface area contributed by atoms with Gasteiger partial charge in [-0.15, -0.1) is 0 Å². The second-order valence-electron chi connectivity index (χ2n) is 4.27. The maximum absolute atomic E-state index is 5.63. The first kappa shape index (κ1) is 10.7. The van der Waals surface area contributed by atoms with E-state index in [0.717, 1.165) is 36.7 Å². The van der Waals surface area contributed by atoms with E-state index >= 15 is 0 Å². The highest BCUT2D eigenvalue weighted by atomic mass is 32.1. The highest BCUT2D eigenvalue weighted by molar-refractivity contribution is 7.81. The fourth-order valence-corrected chi connectivity index (χ4v) is 1.68. The minimum atomic E-state index is -0.148. The van der Waals surface area contributed by atoms with E-state index in [4.69, 9.17) is 9.47 Å². The molecule has 1 aliphatic heterocycles. The summed E-state index contributed by atoms with van der Waals surface area (Å²) < 4.78 is 11.0. The van der Waals surface area contributed by atoms with Crippen LogP contribution in [0.15, 0.2) is 18.2 Å². The molecule has 0 unspecified atom stereocenters. The van der Waals surface area contributed by atoms with Gasteiger partial charge in [0.25, 0.3) is 0 Å². The predicted molar refractivity (Wildman–Crippen MR) is 64.1 cm³/mol. The van der Waals surface area contributed by atoms with Gasteiger partial charge in [-0.2, -0.15) is 12.6 Å². The summed E-state index contributed by atoms with van der Waals surface area (Å²) in [5, 5.41) is 0. The smallest absolute Gasteiger partial charge is 0.161 e. The van der Waals surface area contributed by atoms with E-state index in [0.29, 0.717) is 0 Å². The Morgan fingerprint density at radius 3 is 2.47 bits per heavy atom. The zero-order valence-electron chi connectivity index (χ0n) is 9.12. The maximum atomic E-state index is 5.63. The molecule has 0 aliphatic carbocycles. The first-order valence-corrected chi connectivity index (χ1v) is 5.64. The van der Waals surface area contributed by atoms with Crippen molar-refractivity contribution in [1.29, 1.82) is 0 Å². The average molecular weight is 224 g/mol. The summed E-state index contributed by atoms with van der Waals surface area (Å²) in [7, 11) is 0. The fourth-order valence-electron chi connectivity index (χ4n) is 1.54. The molecule has 1 aromatic carbocycles. The van der Waals surface area contributed by atoms with Gasteiger partial charge in [0.1, 0.15) is 0 Å². The summed E-state index contributed by atoms with van der Waals surface area (Å²) >= 11 is 4.54. The zero-order chi connectivity index (χ0) is 10.9. The van der Waals surface area contributed by atoms with Crippen molar-refractivity contribution >= 4 is 12.6 Å². The van der Waals surface area contributed by atoms with Crippen molar-refractivity contribution in [3.05, 3.63) is 23.8 Å². The number of hydrogen-bond donors (Lipinski definition) is 1. The van der Waals surface area contributed by atoms with E-state index in [-0.39, 0.29) is 4.75 Å². The van der Waals surface area contributed by atoms with Gasteiger partial charge in [0.05, 0.1) is 13.2 Å². The van der Waals surface area contributed by atoms with Crippen molar-refractivity contribution in [2.24, 2.45) is 0 Å². The Labute approximate surface area is 96.0 Å². The monoisotopic (exact) mass is 224 g/mol. The van der Waals surface area contributed by atoms with Gasteiger partial charge in [-0.25, -0.2) is 0 Å². The van der Waals surface area contributed by atoms with Crippen LogP contribution in [-0.4, -0.2) is 13.2 Å². The van der Waals surface area contributed by atoms with Gasteiger partial charge in [-0.05, 0) is 31.5 Å². The molecule has 0 saturated heterocycles. The first-order valence-electron chi connectivity index (χ1n) is 5.20. The highest BCUT2D eigenvalue weighted by Crippen LogP contribution is 2.36. The van der Waals surface area contributed by atoms with Gasteiger partial charge < -0.3 is 9.47 Å². The molecule has 0 aromatic heterocycles. The Balaban J connectivity index is 2.36. The molecule has 0 saturated carbocycles. The molecule has 0 amide bonds. The van der Waals surface area contributed by atoms with Gasteiger partial charge in [0, 0.05) is 11.2 Å². The van der Waals surface area contributed by atoms with Gasteiger partial charge >= 0.3 is 0 Å². The molecule has 0 spiro atoms. The van der Waals surface area contributed by atoms with Crippen LogP contribution in [0.4, 0.5) is 0 Å². The van der Waals surface area contributed by atoms with Crippen LogP contribution in [0.5, 0.6) is 11.5 Å². The first-order chi connectivity index (χ1) is 7.07. The van der Waals surface area contributed by atoms with Crippen molar-refractivity contribution < 1.29 is 9.47 Å². The van der Waals surface area contributed by atoms with Crippen molar-refractivity contribution in [1.82, 2.24) is 0 Å². The third-order valence-corrected chi connectivity index (χ3v) is 2.71. The van der Waals surface area contributed by atoms with Crippen LogP contribution in [0.25, 0.3) is 0 Å². The molecule has 82 valence electrons. The minimum absolute atomic E-state index is 0.148. The number of fused-ring (bicyclic) bond motifs is 1. The average Bonchev–Trinajstić information content (AvgIpc) is 2.39. The highest BCUT2D eigenvalue weighted by Gasteiger charge is 2.18. The van der Waals surface area contributed by atoms with E-state index in [1.807, 2.05) is 18.2 Å². The second kappa shape index (κ2) is 3.97. The lowest BCUT2D eigenvalue weighted by molar-refractivity contribution is 0.297. The normalized spacial score (nSPS) is 15.9. The Kier molecular flexibility index (Phi) is 2.83. The maximum Gasteiger partial charge on any atom is 0.161 e. The molecule has 0 bridgehead atoms. The lowest BCUT2D eigenvalue weighted by Crippen LogP contribution is -2.07. The van der Waals surface area contributed by atoms with Crippen molar-refractivity contribution in [2.45, 2.75) is 25.0 Å². The van der Waals surface area contributed by atoms with E-state index in [1.54, 1.807) is 0 Å². The molecule has 1 aliphatic rings. The summed E-state index contributed by atoms with van der Waals surface area (Å²) in [5.74, 6) is 1.68. The van der Waals surface area contributed by atoms with Crippen molar-refractivity contribution in [3.63, 3.8) is 0 Å². The Morgan fingerprint density at radius 2 is 1.80 bits per heavy atom. The summed E-state index contributed by atoms with van der Waals surface area (Å²) in [6.07, 6.45) is 0.939. The summed E-state index contributed by atoms with van der Waals surface area (Å²) in [6, 6.07) is 6.03. The van der Waals surface area contributed by atoms with E-state index in [1.165, 1.54) is 0 Å². The van der Waals surface area contributed by atoms with E-state index in [9.17, 15) is 0 Å². The largest absolute Gasteiger partial charge is 0.490 e. The molecule has 0 fully saturated rings. The number of rotatable bonds is 1. The number of ether oxygens (including phenoxy) is 2. The Hall–Kier alpha value is -0.830. The summed E-state index contributed by atoms with van der Waals surface area (Å²) in [5.41, 5.74) is 1.15. The SMILES string of the molecule is CC(C)(S)c1ccc2c(c1)OCCCO2. The van der Waals surface area contributed by atoms with Gasteiger partial charge in [-0.3, -0.25) is 0 Å². The molecule has 3 heteroatoms. The van der Waals surface area contributed by atoms with Gasteiger partial charge in [0.2, 0.25) is 0 Å². The molecule has 0 N–H and O–H groups in total. The minimum Gasteiger partial charge on any atom is -0.490 e. The number of hydrogen-bond acceptors (Lipinski definition) is 3. The van der Waals surface area contributed by atoms with Crippen molar-refractivity contribution in [2.75, 3.05) is 13.2 Å². The van der Waals surface area contributed by atoms with Crippen LogP contribution >= 0.6 is 12.6 Å². The van der Waals surface area contributed by atoms with Crippen LogP contribution in [0.3, 0.4) is 0 Å². The molecule has 2 nitrogen and oxygen atoms in total. The molecule has 1 aromatic rings. The second-order valence-corrected chi connectivity index (χ2v) is 5.39. The standard InChI is InChI=1S/C12H16O2S/c1-12(2,15)9-4-5-10-11(8-9)14-7-3-6-13-10/h4-5,8,15H,3,6-7H2,1-2H3. The van der Waals surface area contributed by atoms with Crippen LogP contribution in [0.1, 0.15) is 25.8 Å². The van der Waals surface area contributed by atoms with Crippen LogP contribution in [0, 0.1) is 0 Å². The third kappa shape index (κ3) is 2.40. The predicted octanol–water partition coefficient (Wildman–Crippen LogP) is 3.01. The third-order valence-electron chi connectivity index (χ3n) is 2.45. The van der Waals surface area contributed by atoms with Gasteiger partial charge in [-0.1, -0.05) is 6.07 Å². The summed E-state index contributed by atoms with van der Waals surface area (Å²) in [6.45, 7) is 5.59. The number of benzene rings is 1. The van der Waals surface area contributed by atoms with E-state index in [2.05, 4.69) is 26.5 Å². The molecule has 2 rings (SSSR count). The molecular weight excluding hydrogens is 208 g/mol.